The van der Waals surface area contributed by atoms with Crippen molar-refractivity contribution in [3.05, 3.63) is 17.8 Å². The lowest BCUT2D eigenvalue weighted by Gasteiger charge is -1.92. The van der Waals surface area contributed by atoms with Crippen molar-refractivity contribution in [3.8, 4) is 0 Å². The maximum absolute atomic E-state index is 5.59. The monoisotopic (exact) mass is 159 g/mol. The van der Waals surface area contributed by atoms with Gasteiger partial charge >= 0.3 is 0 Å². The molecule has 0 bridgehead atoms. The average Bonchev–Trinajstić information content (AvgIpc) is 2.36. The predicted octanol–water partition coefficient (Wildman–Crippen LogP) is 2.37. The van der Waals surface area contributed by atoms with Crippen LogP contribution >= 0.6 is 11.6 Å². The van der Waals surface area contributed by atoms with Gasteiger partial charge in [-0.3, -0.25) is 0 Å². The summed E-state index contributed by atoms with van der Waals surface area (Å²) >= 11 is 5.59. The molecule has 1 aromatic heterocycles. The van der Waals surface area contributed by atoms with E-state index in [4.69, 9.17) is 16.0 Å². The molecule has 56 valence electrons. The number of hydrogen-bond acceptors (Lipinski definition) is 2. The number of alkyl halides is 1. The van der Waals surface area contributed by atoms with E-state index < -0.39 is 0 Å². The lowest BCUT2D eigenvalue weighted by molar-refractivity contribution is 0.498. The molecule has 1 aromatic rings. The highest BCUT2D eigenvalue weighted by Crippen LogP contribution is 2.10. The zero-order valence-corrected chi connectivity index (χ0v) is 6.69. The Morgan fingerprint density at radius 1 is 1.70 bits per heavy atom. The Labute approximate surface area is 65.2 Å². The van der Waals surface area contributed by atoms with E-state index in [0.29, 0.717) is 5.88 Å². The number of rotatable bonds is 3. The van der Waals surface area contributed by atoms with E-state index in [1.165, 1.54) is 6.39 Å². The van der Waals surface area contributed by atoms with Gasteiger partial charge in [-0.25, -0.2) is 4.98 Å². The number of oxazole rings is 1. The van der Waals surface area contributed by atoms with Gasteiger partial charge in [0.1, 0.15) is 5.76 Å². The van der Waals surface area contributed by atoms with Crippen molar-refractivity contribution in [1.29, 1.82) is 0 Å². The molecule has 3 heteroatoms. The third kappa shape index (κ3) is 1.51. The highest BCUT2D eigenvalue weighted by Gasteiger charge is 2.03. The maximum atomic E-state index is 5.59. The standard InChI is InChI=1S/C7H10ClNO/c1-2-3-7-6(4-8)9-5-10-7/h5H,2-4H2,1H3. The Bertz CT molecular complexity index is 197. The molecule has 0 atom stereocenters. The molecule has 0 aliphatic carbocycles. The van der Waals surface area contributed by atoms with Gasteiger partial charge < -0.3 is 4.42 Å². The molecular formula is C7H10ClNO. The molecule has 10 heavy (non-hydrogen) atoms. The predicted molar refractivity (Wildman–Crippen MR) is 40.1 cm³/mol. The Morgan fingerprint density at radius 2 is 2.50 bits per heavy atom. The molecule has 0 saturated carbocycles. The van der Waals surface area contributed by atoms with Crippen molar-refractivity contribution in [2.24, 2.45) is 0 Å². The van der Waals surface area contributed by atoms with Gasteiger partial charge in [-0.05, 0) is 6.42 Å². The summed E-state index contributed by atoms with van der Waals surface area (Å²) in [6.45, 7) is 2.10. The zero-order chi connectivity index (χ0) is 7.40. The maximum Gasteiger partial charge on any atom is 0.181 e. The highest BCUT2D eigenvalue weighted by molar-refractivity contribution is 6.16. The van der Waals surface area contributed by atoms with Crippen LogP contribution in [0.3, 0.4) is 0 Å². The number of nitrogens with zero attached hydrogens (tertiary/aromatic N) is 1. The smallest absolute Gasteiger partial charge is 0.181 e. The van der Waals surface area contributed by atoms with Crippen molar-refractivity contribution in [2.45, 2.75) is 25.6 Å². The van der Waals surface area contributed by atoms with Crippen LogP contribution in [0.25, 0.3) is 0 Å². The van der Waals surface area contributed by atoms with Crippen LogP contribution < -0.4 is 0 Å². The summed E-state index contributed by atoms with van der Waals surface area (Å²) in [7, 11) is 0. The van der Waals surface area contributed by atoms with Crippen LogP contribution in [0, 0.1) is 0 Å². The van der Waals surface area contributed by atoms with E-state index in [-0.39, 0.29) is 0 Å². The van der Waals surface area contributed by atoms with E-state index in [2.05, 4.69) is 11.9 Å². The van der Waals surface area contributed by atoms with Gasteiger partial charge in [0.05, 0.1) is 11.6 Å². The third-order valence-electron chi connectivity index (χ3n) is 1.33. The molecule has 0 saturated heterocycles. The summed E-state index contributed by atoms with van der Waals surface area (Å²) in [6, 6.07) is 0. The van der Waals surface area contributed by atoms with Crippen molar-refractivity contribution < 1.29 is 4.42 Å². The second-order valence-corrected chi connectivity index (χ2v) is 2.37. The minimum absolute atomic E-state index is 0.450. The van der Waals surface area contributed by atoms with Gasteiger partial charge in [0.15, 0.2) is 6.39 Å². The van der Waals surface area contributed by atoms with Crippen molar-refractivity contribution in [3.63, 3.8) is 0 Å². The average molecular weight is 160 g/mol. The van der Waals surface area contributed by atoms with Crippen LogP contribution in [-0.2, 0) is 12.3 Å². The summed E-state index contributed by atoms with van der Waals surface area (Å²) in [5.41, 5.74) is 0.878. The van der Waals surface area contributed by atoms with Gasteiger partial charge in [-0.15, -0.1) is 11.6 Å². The molecule has 2 nitrogen and oxygen atoms in total. The molecule has 0 aromatic carbocycles. The molecule has 0 amide bonds. The fraction of sp³-hybridized carbons (Fsp3) is 0.571. The molecule has 0 unspecified atom stereocenters. The van der Waals surface area contributed by atoms with E-state index in [1.54, 1.807) is 0 Å². The van der Waals surface area contributed by atoms with Gasteiger partial charge in [0, 0.05) is 6.42 Å². The van der Waals surface area contributed by atoms with E-state index in [0.717, 1.165) is 24.3 Å². The number of aromatic nitrogens is 1. The van der Waals surface area contributed by atoms with Gasteiger partial charge in [-0.1, -0.05) is 6.92 Å². The topological polar surface area (TPSA) is 26.0 Å². The Hall–Kier alpha value is -0.500. The number of aryl methyl sites for hydroxylation is 1. The highest BCUT2D eigenvalue weighted by atomic mass is 35.5. The zero-order valence-electron chi connectivity index (χ0n) is 5.93. The fourth-order valence-corrected chi connectivity index (χ4v) is 1.05. The molecular weight excluding hydrogens is 150 g/mol. The van der Waals surface area contributed by atoms with Crippen LogP contribution in [0.1, 0.15) is 24.8 Å². The molecule has 0 aliphatic heterocycles. The van der Waals surface area contributed by atoms with Crippen LogP contribution in [0.15, 0.2) is 10.8 Å². The number of halogens is 1. The molecule has 0 spiro atoms. The lowest BCUT2D eigenvalue weighted by atomic mass is 10.2. The van der Waals surface area contributed by atoms with Gasteiger partial charge in [0.2, 0.25) is 0 Å². The SMILES string of the molecule is CCCc1ocnc1CCl. The molecule has 0 N–H and O–H groups in total. The van der Waals surface area contributed by atoms with Gasteiger partial charge in [-0.2, -0.15) is 0 Å². The minimum atomic E-state index is 0.450. The van der Waals surface area contributed by atoms with Crippen LogP contribution in [0.4, 0.5) is 0 Å². The second-order valence-electron chi connectivity index (χ2n) is 2.11. The van der Waals surface area contributed by atoms with Crippen LogP contribution in [-0.4, -0.2) is 4.98 Å². The first-order valence-corrected chi connectivity index (χ1v) is 3.89. The summed E-state index contributed by atoms with van der Waals surface area (Å²) in [4.78, 5) is 3.95. The van der Waals surface area contributed by atoms with Crippen molar-refractivity contribution in [1.82, 2.24) is 4.98 Å². The van der Waals surface area contributed by atoms with E-state index in [9.17, 15) is 0 Å². The van der Waals surface area contributed by atoms with Crippen LogP contribution in [0.5, 0.6) is 0 Å². The molecule has 0 fully saturated rings. The Balaban J connectivity index is 2.70. The Kier molecular flexibility index (Phi) is 2.75. The van der Waals surface area contributed by atoms with Crippen LogP contribution in [0.2, 0.25) is 0 Å². The third-order valence-corrected chi connectivity index (χ3v) is 1.58. The second kappa shape index (κ2) is 3.62. The van der Waals surface area contributed by atoms with Crippen molar-refractivity contribution in [2.75, 3.05) is 0 Å². The molecule has 0 radical (unpaired) electrons. The molecule has 1 heterocycles. The largest absolute Gasteiger partial charge is 0.448 e. The summed E-state index contributed by atoms with van der Waals surface area (Å²) in [5, 5.41) is 0. The molecule has 0 aliphatic rings. The first-order valence-electron chi connectivity index (χ1n) is 3.35. The first kappa shape index (κ1) is 7.61. The molecule has 1 rings (SSSR count). The van der Waals surface area contributed by atoms with Crippen molar-refractivity contribution >= 4 is 11.6 Å². The minimum Gasteiger partial charge on any atom is -0.448 e. The summed E-state index contributed by atoms with van der Waals surface area (Å²) < 4.78 is 5.10. The summed E-state index contributed by atoms with van der Waals surface area (Å²) in [6.07, 6.45) is 3.45. The normalized spacial score (nSPS) is 10.2. The number of hydrogen-bond donors (Lipinski definition) is 0. The quantitative estimate of drug-likeness (QED) is 0.633. The summed E-state index contributed by atoms with van der Waals surface area (Å²) in [5.74, 6) is 1.38. The first-order chi connectivity index (χ1) is 4.88. The Morgan fingerprint density at radius 3 is 3.10 bits per heavy atom. The van der Waals surface area contributed by atoms with E-state index >= 15 is 0 Å². The van der Waals surface area contributed by atoms with Gasteiger partial charge in [0.25, 0.3) is 0 Å². The van der Waals surface area contributed by atoms with E-state index in [1.807, 2.05) is 0 Å². The fourth-order valence-electron chi connectivity index (χ4n) is 0.833. The lowest BCUT2D eigenvalue weighted by Crippen LogP contribution is -1.86.